The summed E-state index contributed by atoms with van der Waals surface area (Å²) in [6.07, 6.45) is 5.14. The van der Waals surface area contributed by atoms with Crippen LogP contribution in [0.5, 0.6) is 11.5 Å². The van der Waals surface area contributed by atoms with Crippen molar-refractivity contribution in [3.8, 4) is 11.5 Å². The lowest BCUT2D eigenvalue weighted by atomic mass is 10.2. The molecule has 0 spiro atoms. The first kappa shape index (κ1) is 14.2. The molecule has 0 bridgehead atoms. The molecule has 0 radical (unpaired) electrons. The first-order valence-electron chi connectivity index (χ1n) is 7.41. The van der Waals surface area contributed by atoms with Crippen LogP contribution in [0.1, 0.15) is 30.9 Å². The molecule has 0 N–H and O–H groups in total. The standard InChI is InChI=1S/C15H16ClN3O2S/c16-12-6-10(7-13-14(12)21-5-1-4-20-13)8-22-15-18-17-9-19(15)11-2-3-11/h6-7,9,11H,1-5,8H2. The van der Waals surface area contributed by atoms with Crippen LogP contribution >= 0.6 is 23.4 Å². The van der Waals surface area contributed by atoms with Gasteiger partial charge in [0, 0.05) is 18.2 Å². The summed E-state index contributed by atoms with van der Waals surface area (Å²) in [5.41, 5.74) is 1.10. The van der Waals surface area contributed by atoms with E-state index in [0.29, 0.717) is 30.0 Å². The second-order valence-electron chi connectivity index (χ2n) is 5.50. The van der Waals surface area contributed by atoms with Crippen molar-refractivity contribution in [1.82, 2.24) is 14.8 Å². The molecule has 4 rings (SSSR count). The predicted octanol–water partition coefficient (Wildman–Crippen LogP) is 3.72. The Morgan fingerprint density at radius 1 is 1.27 bits per heavy atom. The number of rotatable bonds is 4. The van der Waals surface area contributed by atoms with Gasteiger partial charge in [-0.3, -0.25) is 0 Å². The number of thioether (sulfide) groups is 1. The zero-order valence-corrected chi connectivity index (χ0v) is 13.6. The quantitative estimate of drug-likeness (QED) is 0.796. The fourth-order valence-corrected chi connectivity index (χ4v) is 3.65. The SMILES string of the molecule is Clc1cc(CSc2nncn2C2CC2)cc2c1OCCCO2. The summed E-state index contributed by atoms with van der Waals surface area (Å²) in [5.74, 6) is 2.18. The maximum Gasteiger partial charge on any atom is 0.191 e. The third-order valence-corrected chi connectivity index (χ3v) is 5.02. The number of halogens is 1. The Bertz CT molecular complexity index is 687. The third-order valence-electron chi connectivity index (χ3n) is 3.71. The van der Waals surface area contributed by atoms with E-state index in [1.807, 2.05) is 18.5 Å². The Kier molecular flexibility index (Phi) is 3.88. The van der Waals surface area contributed by atoms with Gasteiger partial charge in [-0.2, -0.15) is 0 Å². The summed E-state index contributed by atoms with van der Waals surface area (Å²) in [6.45, 7) is 1.31. The lowest BCUT2D eigenvalue weighted by Gasteiger charge is -2.11. The largest absolute Gasteiger partial charge is 0.489 e. The van der Waals surface area contributed by atoms with Crippen LogP contribution < -0.4 is 9.47 Å². The molecule has 0 atom stereocenters. The van der Waals surface area contributed by atoms with Crippen LogP contribution in [-0.2, 0) is 5.75 Å². The predicted molar refractivity (Wildman–Crippen MR) is 84.9 cm³/mol. The molecule has 0 amide bonds. The highest BCUT2D eigenvalue weighted by Crippen LogP contribution is 2.40. The number of hydrogen-bond donors (Lipinski definition) is 0. The molecule has 1 fully saturated rings. The van der Waals surface area contributed by atoms with Crippen LogP contribution in [0.15, 0.2) is 23.6 Å². The van der Waals surface area contributed by atoms with Gasteiger partial charge in [0.05, 0.1) is 18.2 Å². The normalized spacial score (nSPS) is 17.3. The third kappa shape index (κ3) is 2.90. The minimum atomic E-state index is 0.588. The second kappa shape index (κ2) is 6.01. The maximum absolute atomic E-state index is 6.32. The molecule has 22 heavy (non-hydrogen) atoms. The van der Waals surface area contributed by atoms with Gasteiger partial charge >= 0.3 is 0 Å². The molecule has 2 heterocycles. The van der Waals surface area contributed by atoms with Gasteiger partial charge in [0.15, 0.2) is 16.7 Å². The molecule has 1 aromatic heterocycles. The van der Waals surface area contributed by atoms with E-state index in [9.17, 15) is 0 Å². The van der Waals surface area contributed by atoms with E-state index in [2.05, 4.69) is 14.8 Å². The average molecular weight is 338 g/mol. The van der Waals surface area contributed by atoms with Gasteiger partial charge in [-0.15, -0.1) is 10.2 Å². The van der Waals surface area contributed by atoms with E-state index in [-0.39, 0.29) is 0 Å². The van der Waals surface area contributed by atoms with Gasteiger partial charge in [-0.1, -0.05) is 23.4 Å². The number of benzene rings is 1. The maximum atomic E-state index is 6.32. The molecule has 116 valence electrons. The highest BCUT2D eigenvalue weighted by Gasteiger charge is 2.26. The zero-order chi connectivity index (χ0) is 14.9. The summed E-state index contributed by atoms with van der Waals surface area (Å²) >= 11 is 8.00. The fraction of sp³-hybridized carbons (Fsp3) is 0.467. The average Bonchev–Trinajstić information content (AvgIpc) is 3.29. The van der Waals surface area contributed by atoms with E-state index in [1.54, 1.807) is 11.8 Å². The van der Waals surface area contributed by atoms with E-state index < -0.39 is 0 Å². The summed E-state index contributed by atoms with van der Waals surface area (Å²) in [5, 5.41) is 9.80. The van der Waals surface area contributed by atoms with Crippen molar-refractivity contribution >= 4 is 23.4 Å². The van der Waals surface area contributed by atoms with Crippen LogP contribution in [0.2, 0.25) is 5.02 Å². The van der Waals surface area contributed by atoms with Crippen molar-refractivity contribution < 1.29 is 9.47 Å². The number of aromatic nitrogens is 3. The number of nitrogens with zero attached hydrogens (tertiary/aromatic N) is 3. The molecular formula is C15H16ClN3O2S. The van der Waals surface area contributed by atoms with Crippen LogP contribution in [-0.4, -0.2) is 28.0 Å². The minimum Gasteiger partial charge on any atom is -0.489 e. The molecule has 1 aromatic carbocycles. The van der Waals surface area contributed by atoms with Gasteiger partial charge in [-0.05, 0) is 30.5 Å². The van der Waals surface area contributed by atoms with Crippen LogP contribution in [0.4, 0.5) is 0 Å². The van der Waals surface area contributed by atoms with Crippen molar-refractivity contribution in [2.75, 3.05) is 13.2 Å². The van der Waals surface area contributed by atoms with E-state index in [0.717, 1.165) is 28.6 Å². The second-order valence-corrected chi connectivity index (χ2v) is 6.85. The molecule has 7 heteroatoms. The first-order chi connectivity index (χ1) is 10.8. The summed E-state index contributed by atoms with van der Waals surface area (Å²) in [7, 11) is 0. The minimum absolute atomic E-state index is 0.588. The topological polar surface area (TPSA) is 49.2 Å². The molecule has 2 aromatic rings. The molecule has 1 aliphatic carbocycles. The van der Waals surface area contributed by atoms with Gasteiger partial charge in [-0.25, -0.2) is 0 Å². The van der Waals surface area contributed by atoms with E-state index >= 15 is 0 Å². The van der Waals surface area contributed by atoms with E-state index in [4.69, 9.17) is 21.1 Å². The van der Waals surface area contributed by atoms with Crippen molar-refractivity contribution in [3.05, 3.63) is 29.0 Å². The van der Waals surface area contributed by atoms with Crippen molar-refractivity contribution in [2.24, 2.45) is 0 Å². The number of ether oxygens (including phenoxy) is 2. The highest BCUT2D eigenvalue weighted by atomic mass is 35.5. The van der Waals surface area contributed by atoms with Crippen molar-refractivity contribution in [2.45, 2.75) is 36.2 Å². The molecular weight excluding hydrogens is 322 g/mol. The van der Waals surface area contributed by atoms with Crippen LogP contribution in [0.25, 0.3) is 0 Å². The first-order valence-corrected chi connectivity index (χ1v) is 8.78. The Balaban J connectivity index is 1.52. The Hall–Kier alpha value is -1.40. The molecule has 0 saturated heterocycles. The van der Waals surface area contributed by atoms with Gasteiger partial charge in [0.1, 0.15) is 6.33 Å². The van der Waals surface area contributed by atoms with Gasteiger partial charge < -0.3 is 14.0 Å². The number of fused-ring (bicyclic) bond motifs is 1. The summed E-state index contributed by atoms with van der Waals surface area (Å²) < 4.78 is 13.5. The van der Waals surface area contributed by atoms with Gasteiger partial charge in [0.25, 0.3) is 0 Å². The van der Waals surface area contributed by atoms with Crippen molar-refractivity contribution in [3.63, 3.8) is 0 Å². The molecule has 1 saturated carbocycles. The smallest absolute Gasteiger partial charge is 0.191 e. The van der Waals surface area contributed by atoms with Crippen LogP contribution in [0, 0.1) is 0 Å². The monoisotopic (exact) mass is 337 g/mol. The Labute approximate surface area is 138 Å². The molecule has 5 nitrogen and oxygen atoms in total. The van der Waals surface area contributed by atoms with E-state index in [1.165, 1.54) is 12.8 Å². The molecule has 1 aliphatic heterocycles. The Morgan fingerprint density at radius 2 is 2.14 bits per heavy atom. The number of hydrogen-bond acceptors (Lipinski definition) is 5. The molecule has 0 unspecified atom stereocenters. The highest BCUT2D eigenvalue weighted by molar-refractivity contribution is 7.98. The summed E-state index contributed by atoms with van der Waals surface area (Å²) in [6, 6.07) is 4.54. The zero-order valence-electron chi connectivity index (χ0n) is 12.0. The molecule has 2 aliphatic rings. The van der Waals surface area contributed by atoms with Gasteiger partial charge in [0.2, 0.25) is 0 Å². The lowest BCUT2D eigenvalue weighted by Crippen LogP contribution is -1.97. The summed E-state index contributed by atoms with van der Waals surface area (Å²) in [4.78, 5) is 0. The lowest BCUT2D eigenvalue weighted by molar-refractivity contribution is 0.297. The van der Waals surface area contributed by atoms with Crippen molar-refractivity contribution in [1.29, 1.82) is 0 Å². The van der Waals surface area contributed by atoms with Crippen LogP contribution in [0.3, 0.4) is 0 Å². The fourth-order valence-electron chi connectivity index (χ4n) is 2.45. The Morgan fingerprint density at radius 3 is 3.00 bits per heavy atom.